The first-order valence-corrected chi connectivity index (χ1v) is 13.6. The van der Waals surface area contributed by atoms with Crippen LogP contribution in [0.4, 0.5) is 5.69 Å². The highest BCUT2D eigenvalue weighted by molar-refractivity contribution is 7.92. The molecule has 0 aliphatic carbocycles. The number of methoxy groups -OCH3 is 2. The number of benzene rings is 3. The molecule has 3 aromatic carbocycles. The summed E-state index contributed by atoms with van der Waals surface area (Å²) < 4.78 is 41.3. The van der Waals surface area contributed by atoms with Crippen LogP contribution in [0.2, 0.25) is 0 Å². The van der Waals surface area contributed by atoms with E-state index in [9.17, 15) is 13.2 Å². The van der Waals surface area contributed by atoms with E-state index in [1.54, 1.807) is 30.9 Å². The largest absolute Gasteiger partial charge is 0.493 e. The molecule has 0 N–H and O–H groups in total. The van der Waals surface area contributed by atoms with Crippen LogP contribution in [0.1, 0.15) is 15.9 Å². The van der Waals surface area contributed by atoms with E-state index in [2.05, 4.69) is 10.9 Å². The number of hydrogen-bond donors (Lipinski definition) is 0. The highest BCUT2D eigenvalue weighted by Gasteiger charge is 2.30. The van der Waals surface area contributed by atoms with Crippen molar-refractivity contribution in [2.45, 2.75) is 17.9 Å². The van der Waals surface area contributed by atoms with Crippen LogP contribution in [-0.2, 0) is 23.0 Å². The molecule has 0 spiro atoms. The summed E-state index contributed by atoms with van der Waals surface area (Å²) in [5.41, 5.74) is 2.71. The van der Waals surface area contributed by atoms with E-state index in [-0.39, 0.29) is 17.0 Å². The van der Waals surface area contributed by atoms with E-state index in [1.165, 1.54) is 39.9 Å². The molecule has 0 unspecified atom stereocenters. The molecular weight excluding hydrogens is 510 g/mol. The fraction of sp³-hybridized carbons (Fsp3) is 0.185. The van der Waals surface area contributed by atoms with E-state index >= 15 is 0 Å². The number of sulfonamides is 1. The summed E-state index contributed by atoms with van der Waals surface area (Å²) in [7, 11) is -0.661. The molecule has 5 rings (SSSR count). The summed E-state index contributed by atoms with van der Waals surface area (Å²) in [6.45, 7) is 0.588. The van der Waals surface area contributed by atoms with Gasteiger partial charge in [0.2, 0.25) is 0 Å². The normalized spacial score (nSPS) is 13.4. The summed E-state index contributed by atoms with van der Waals surface area (Å²) in [6.07, 6.45) is 6.24. The number of para-hydroxylation sites is 1. The first-order valence-electron chi connectivity index (χ1n) is 11.4. The number of thiazole rings is 1. The molecule has 37 heavy (non-hydrogen) atoms. The first-order chi connectivity index (χ1) is 17.9. The van der Waals surface area contributed by atoms with Crippen molar-refractivity contribution in [3.63, 3.8) is 0 Å². The van der Waals surface area contributed by atoms with E-state index in [1.807, 2.05) is 24.3 Å². The van der Waals surface area contributed by atoms with Crippen molar-refractivity contribution in [2.24, 2.45) is 4.99 Å². The van der Waals surface area contributed by atoms with Gasteiger partial charge < -0.3 is 14.0 Å². The van der Waals surface area contributed by atoms with Crippen LogP contribution in [-0.4, -0.2) is 39.7 Å². The Balaban J connectivity index is 1.48. The molecule has 1 aromatic heterocycles. The summed E-state index contributed by atoms with van der Waals surface area (Å²) in [6, 6.07) is 16.9. The predicted octanol–water partition coefficient (Wildman–Crippen LogP) is 3.85. The first kappa shape index (κ1) is 24.6. The van der Waals surface area contributed by atoms with Crippen LogP contribution in [0.3, 0.4) is 0 Å². The number of terminal acetylenes is 1. The van der Waals surface area contributed by atoms with E-state index in [0.717, 1.165) is 15.8 Å². The molecule has 10 heteroatoms. The van der Waals surface area contributed by atoms with Gasteiger partial charge in [-0.3, -0.25) is 9.10 Å². The summed E-state index contributed by atoms with van der Waals surface area (Å²) in [5.74, 6) is 3.18. The molecule has 8 nitrogen and oxygen atoms in total. The Morgan fingerprint density at radius 3 is 2.49 bits per heavy atom. The standard InChI is InChI=1S/C27H23N3O5S2/c1-4-14-29-22-16-23(34-2)24(35-3)17-25(22)36-27(29)28-26(31)19-9-11-20(12-10-19)37(32,33)30-15-13-18-7-5-6-8-21(18)30/h1,5-12,16-17H,13-15H2,2-3H3. The number of hydrogen-bond acceptors (Lipinski definition) is 6. The lowest BCUT2D eigenvalue weighted by Crippen LogP contribution is -2.29. The Bertz CT molecular complexity index is 1730. The number of fused-ring (bicyclic) bond motifs is 2. The predicted molar refractivity (Wildman–Crippen MR) is 143 cm³/mol. The van der Waals surface area contributed by atoms with Crippen molar-refractivity contribution < 1.29 is 22.7 Å². The fourth-order valence-electron chi connectivity index (χ4n) is 4.33. The monoisotopic (exact) mass is 533 g/mol. The lowest BCUT2D eigenvalue weighted by Gasteiger charge is -2.19. The number of carbonyl (C=O) groups is 1. The minimum absolute atomic E-state index is 0.115. The Morgan fingerprint density at radius 1 is 1.08 bits per heavy atom. The van der Waals surface area contributed by atoms with Gasteiger partial charge in [0, 0.05) is 24.2 Å². The van der Waals surface area contributed by atoms with E-state index < -0.39 is 15.9 Å². The third-order valence-electron chi connectivity index (χ3n) is 6.17. The van der Waals surface area contributed by atoms with Gasteiger partial charge in [0.05, 0.1) is 41.6 Å². The molecule has 0 saturated heterocycles. The summed E-state index contributed by atoms with van der Waals surface area (Å²) >= 11 is 1.30. The van der Waals surface area contributed by atoms with E-state index in [0.29, 0.717) is 35.0 Å². The van der Waals surface area contributed by atoms with Gasteiger partial charge in [-0.15, -0.1) is 6.42 Å². The Morgan fingerprint density at radius 2 is 1.78 bits per heavy atom. The second-order valence-electron chi connectivity index (χ2n) is 8.25. The number of nitrogens with zero attached hydrogens (tertiary/aromatic N) is 3. The highest BCUT2D eigenvalue weighted by Crippen LogP contribution is 2.34. The molecule has 1 amide bonds. The van der Waals surface area contributed by atoms with Crippen molar-refractivity contribution in [1.29, 1.82) is 0 Å². The molecule has 188 valence electrons. The van der Waals surface area contributed by atoms with Crippen molar-refractivity contribution in [3.05, 3.63) is 76.6 Å². The van der Waals surface area contributed by atoms with Crippen molar-refractivity contribution in [2.75, 3.05) is 25.1 Å². The van der Waals surface area contributed by atoms with Gasteiger partial charge in [-0.25, -0.2) is 8.42 Å². The minimum atomic E-state index is -3.75. The van der Waals surface area contributed by atoms with Crippen LogP contribution < -0.4 is 18.6 Å². The molecule has 0 atom stereocenters. The lowest BCUT2D eigenvalue weighted by atomic mass is 10.2. The molecule has 0 bridgehead atoms. The zero-order valence-electron chi connectivity index (χ0n) is 20.2. The SMILES string of the molecule is C#CCn1c(=NC(=O)c2ccc(S(=O)(=O)N3CCc4ccccc43)cc2)sc2cc(OC)c(OC)cc21. The molecule has 0 saturated carbocycles. The number of anilines is 1. The zero-order valence-corrected chi connectivity index (χ0v) is 21.8. The Kier molecular flexibility index (Phi) is 6.50. The number of amides is 1. The van der Waals surface area contributed by atoms with Crippen LogP contribution in [0, 0.1) is 12.3 Å². The van der Waals surface area contributed by atoms with Gasteiger partial charge >= 0.3 is 0 Å². The number of aromatic nitrogens is 1. The van der Waals surface area contributed by atoms with Gasteiger partial charge in [0.25, 0.3) is 15.9 Å². The van der Waals surface area contributed by atoms with Crippen molar-refractivity contribution in [1.82, 2.24) is 4.57 Å². The molecule has 4 aromatic rings. The molecule has 1 aliphatic heterocycles. The maximum atomic E-state index is 13.3. The Labute approximate surface area is 218 Å². The topological polar surface area (TPSA) is 90.2 Å². The maximum Gasteiger partial charge on any atom is 0.279 e. The van der Waals surface area contributed by atoms with Crippen LogP contribution in [0.25, 0.3) is 10.2 Å². The molecular formula is C27H23N3O5S2. The second kappa shape index (κ2) is 9.76. The molecule has 1 aliphatic rings. The fourth-order valence-corrected chi connectivity index (χ4v) is 6.87. The average Bonchev–Trinajstić information content (AvgIpc) is 3.50. The van der Waals surface area contributed by atoms with Crippen LogP contribution >= 0.6 is 11.3 Å². The Hall–Kier alpha value is -4.07. The smallest absolute Gasteiger partial charge is 0.279 e. The van der Waals surface area contributed by atoms with Gasteiger partial charge in [0.15, 0.2) is 16.3 Å². The van der Waals surface area contributed by atoms with Crippen molar-refractivity contribution >= 4 is 43.2 Å². The third kappa shape index (κ3) is 4.37. The average molecular weight is 534 g/mol. The quantitative estimate of drug-likeness (QED) is 0.351. The molecule has 0 fully saturated rings. The van der Waals surface area contributed by atoms with Gasteiger partial charge in [0.1, 0.15) is 0 Å². The number of carbonyl (C=O) groups excluding carboxylic acids is 1. The minimum Gasteiger partial charge on any atom is -0.493 e. The molecule has 0 radical (unpaired) electrons. The highest BCUT2D eigenvalue weighted by atomic mass is 32.2. The van der Waals surface area contributed by atoms with Crippen molar-refractivity contribution in [3.8, 4) is 23.8 Å². The third-order valence-corrected chi connectivity index (χ3v) is 9.04. The van der Waals surface area contributed by atoms with Gasteiger partial charge in [-0.1, -0.05) is 35.5 Å². The van der Waals surface area contributed by atoms with Gasteiger partial charge in [-0.05, 0) is 42.3 Å². The molecule has 2 heterocycles. The number of rotatable bonds is 6. The van der Waals surface area contributed by atoms with Crippen LogP contribution in [0.5, 0.6) is 11.5 Å². The summed E-state index contributed by atoms with van der Waals surface area (Å²) in [5, 5.41) is 0. The van der Waals surface area contributed by atoms with Gasteiger partial charge in [-0.2, -0.15) is 4.99 Å². The second-order valence-corrected chi connectivity index (χ2v) is 11.1. The zero-order chi connectivity index (χ0) is 26.2. The van der Waals surface area contributed by atoms with E-state index in [4.69, 9.17) is 15.9 Å². The summed E-state index contributed by atoms with van der Waals surface area (Å²) in [4.78, 5) is 17.9. The maximum absolute atomic E-state index is 13.3. The lowest BCUT2D eigenvalue weighted by molar-refractivity contribution is 0.0998. The number of ether oxygens (including phenoxy) is 2. The van der Waals surface area contributed by atoms with Crippen LogP contribution in [0.15, 0.2) is 70.6 Å².